The molecule has 3 aromatic heterocycles. The highest BCUT2D eigenvalue weighted by atomic mass is 14.9. The van der Waals surface area contributed by atoms with E-state index in [4.69, 9.17) is 4.98 Å². The minimum absolute atomic E-state index is 0.0126. The quantitative estimate of drug-likeness (QED) is 0.532. The summed E-state index contributed by atoms with van der Waals surface area (Å²) >= 11 is 0. The maximum absolute atomic E-state index is 4.74. The lowest BCUT2D eigenvalue weighted by molar-refractivity contribution is 0.510. The Morgan fingerprint density at radius 1 is 0.885 bits per heavy atom. The summed E-state index contributed by atoms with van der Waals surface area (Å²) in [6.07, 6.45) is 2.78. The van der Waals surface area contributed by atoms with Gasteiger partial charge in [0.1, 0.15) is 5.82 Å². The number of benzene rings is 1. The van der Waals surface area contributed by atoms with Gasteiger partial charge in [-0.1, -0.05) is 40.7 Å². The number of aromatic nitrogens is 4. The number of imidazole rings is 1. The first-order valence-corrected chi connectivity index (χ1v) is 9.16. The van der Waals surface area contributed by atoms with E-state index < -0.39 is 0 Å². The molecule has 3 heterocycles. The molecule has 0 saturated heterocycles. The fourth-order valence-electron chi connectivity index (χ4n) is 3.45. The third-order valence-electron chi connectivity index (χ3n) is 5.02. The van der Waals surface area contributed by atoms with Crippen molar-refractivity contribution in [3.8, 4) is 0 Å². The normalized spacial score (nSPS) is 13.0. The van der Waals surface area contributed by atoms with Crippen LogP contribution in [0.3, 0.4) is 0 Å². The second-order valence-corrected chi connectivity index (χ2v) is 8.87. The lowest BCUT2D eigenvalue weighted by Gasteiger charge is -2.23. The number of fused-ring (bicyclic) bond motifs is 2. The molecule has 1 aromatic carbocycles. The van der Waals surface area contributed by atoms with Gasteiger partial charge in [-0.25, -0.2) is 4.98 Å². The van der Waals surface area contributed by atoms with Crippen molar-refractivity contribution in [2.24, 2.45) is 0 Å². The summed E-state index contributed by atoms with van der Waals surface area (Å²) in [5.74, 6) is 1.03. The summed E-state index contributed by atoms with van der Waals surface area (Å²) in [6.45, 7) is 11.1. The van der Waals surface area contributed by atoms with Crippen LogP contribution in [0.1, 0.15) is 51.7 Å². The number of rotatable bonds is 3. The molecule has 0 atom stereocenters. The van der Waals surface area contributed by atoms with E-state index in [1.54, 1.807) is 0 Å². The summed E-state index contributed by atoms with van der Waals surface area (Å²) in [4.78, 5) is 16.2. The van der Waals surface area contributed by atoms with E-state index in [9.17, 15) is 0 Å². The molecule has 0 fully saturated rings. The van der Waals surface area contributed by atoms with Crippen LogP contribution in [0.4, 0.5) is 0 Å². The lowest BCUT2D eigenvalue weighted by Crippen LogP contribution is -2.21. The van der Waals surface area contributed by atoms with Gasteiger partial charge in [0.05, 0.1) is 22.1 Å². The maximum atomic E-state index is 4.74. The molecule has 0 spiro atoms. The Morgan fingerprint density at radius 3 is 2.42 bits per heavy atom. The Morgan fingerprint density at radius 2 is 1.69 bits per heavy atom. The molecule has 4 rings (SSSR count). The topological polar surface area (TPSA) is 57.4 Å². The minimum atomic E-state index is -0.0126. The predicted octanol–water partition coefficient (Wildman–Crippen LogP) is 5.26. The first-order valence-electron chi connectivity index (χ1n) is 9.16. The van der Waals surface area contributed by atoms with Gasteiger partial charge in [-0.2, -0.15) is 0 Å². The highest BCUT2D eigenvalue weighted by molar-refractivity contribution is 5.77. The molecule has 0 aliphatic rings. The van der Waals surface area contributed by atoms with E-state index in [0.29, 0.717) is 0 Å². The van der Waals surface area contributed by atoms with Gasteiger partial charge in [0.15, 0.2) is 0 Å². The summed E-state index contributed by atoms with van der Waals surface area (Å²) in [5, 5.41) is 0. The molecule has 4 aromatic rings. The molecule has 0 unspecified atom stereocenters. The first-order chi connectivity index (χ1) is 12.2. The summed E-state index contributed by atoms with van der Waals surface area (Å²) in [5.41, 5.74) is 6.79. The van der Waals surface area contributed by atoms with Crippen LogP contribution in [0.2, 0.25) is 0 Å². The number of nitrogens with one attached hydrogen (secondary N) is 2. The second-order valence-electron chi connectivity index (χ2n) is 8.87. The Hall–Kier alpha value is -2.62. The predicted molar refractivity (Wildman–Crippen MR) is 108 cm³/mol. The zero-order valence-electron chi connectivity index (χ0n) is 16.1. The lowest BCUT2D eigenvalue weighted by atomic mass is 9.82. The van der Waals surface area contributed by atoms with Crippen LogP contribution in [0.25, 0.3) is 22.1 Å². The summed E-state index contributed by atoms with van der Waals surface area (Å²) < 4.78 is 0. The average molecular weight is 346 g/mol. The van der Waals surface area contributed by atoms with Crippen molar-refractivity contribution in [2.45, 2.75) is 51.9 Å². The minimum Gasteiger partial charge on any atom is -0.357 e. The Labute approximate surface area is 154 Å². The molecule has 4 heteroatoms. The van der Waals surface area contributed by atoms with E-state index in [-0.39, 0.29) is 10.8 Å². The fraction of sp³-hybridized carbons (Fsp3) is 0.364. The number of H-pyrrole nitrogens is 2. The van der Waals surface area contributed by atoms with E-state index in [2.05, 4.69) is 79.9 Å². The van der Waals surface area contributed by atoms with Crippen LogP contribution in [-0.2, 0) is 17.3 Å². The number of hydrogen-bond acceptors (Lipinski definition) is 2. The number of aromatic amines is 2. The van der Waals surface area contributed by atoms with Crippen molar-refractivity contribution in [3.05, 3.63) is 59.7 Å². The Balaban J connectivity index is 1.66. The standard InChI is InChI=1S/C22H26N4/c1-21(2,3)20-25-16-9-8-14(11-18(16)26-20)13-22(4,5)19-12-17-15(24-19)7-6-10-23-17/h6-12,24H,13H2,1-5H3,(H,25,26). The van der Waals surface area contributed by atoms with Gasteiger partial charge in [-0.05, 0) is 42.3 Å². The second kappa shape index (κ2) is 5.70. The van der Waals surface area contributed by atoms with Crippen LogP contribution in [0, 0.1) is 0 Å². The fourth-order valence-corrected chi connectivity index (χ4v) is 3.45. The molecular weight excluding hydrogens is 320 g/mol. The monoisotopic (exact) mass is 346 g/mol. The van der Waals surface area contributed by atoms with Crippen molar-refractivity contribution in [1.29, 1.82) is 0 Å². The van der Waals surface area contributed by atoms with Crippen LogP contribution < -0.4 is 0 Å². The van der Waals surface area contributed by atoms with Gasteiger partial charge in [0.25, 0.3) is 0 Å². The average Bonchev–Trinajstić information content (AvgIpc) is 3.18. The zero-order valence-corrected chi connectivity index (χ0v) is 16.1. The molecule has 2 N–H and O–H groups in total. The Kier molecular flexibility index (Phi) is 3.69. The third-order valence-corrected chi connectivity index (χ3v) is 5.02. The van der Waals surface area contributed by atoms with Crippen molar-refractivity contribution < 1.29 is 0 Å². The van der Waals surface area contributed by atoms with Crippen LogP contribution in [0.5, 0.6) is 0 Å². The molecule has 0 aliphatic heterocycles. The highest BCUT2D eigenvalue weighted by Crippen LogP contribution is 2.30. The molecule has 26 heavy (non-hydrogen) atoms. The number of pyridine rings is 1. The zero-order chi connectivity index (χ0) is 18.5. The third kappa shape index (κ3) is 3.00. The molecule has 0 saturated carbocycles. The van der Waals surface area contributed by atoms with Gasteiger partial charge in [-0.3, -0.25) is 4.98 Å². The van der Waals surface area contributed by atoms with Gasteiger partial charge >= 0.3 is 0 Å². The molecule has 0 amide bonds. The maximum Gasteiger partial charge on any atom is 0.112 e. The summed E-state index contributed by atoms with van der Waals surface area (Å²) in [6, 6.07) is 12.8. The van der Waals surface area contributed by atoms with Crippen molar-refractivity contribution in [3.63, 3.8) is 0 Å². The van der Waals surface area contributed by atoms with Crippen LogP contribution in [0.15, 0.2) is 42.6 Å². The van der Waals surface area contributed by atoms with Crippen LogP contribution in [-0.4, -0.2) is 19.9 Å². The smallest absolute Gasteiger partial charge is 0.112 e. The SMILES string of the molecule is CC(C)(C)c1nc2ccc(CC(C)(C)c3cc4ncccc4[nH]3)cc2[nH]1. The van der Waals surface area contributed by atoms with Gasteiger partial charge in [-0.15, -0.1) is 0 Å². The van der Waals surface area contributed by atoms with E-state index in [0.717, 1.165) is 34.3 Å². The first kappa shape index (κ1) is 16.8. The van der Waals surface area contributed by atoms with E-state index in [1.165, 1.54) is 11.3 Å². The molecule has 134 valence electrons. The summed E-state index contributed by atoms with van der Waals surface area (Å²) in [7, 11) is 0. The van der Waals surface area contributed by atoms with Gasteiger partial charge < -0.3 is 9.97 Å². The van der Waals surface area contributed by atoms with Crippen molar-refractivity contribution >= 4 is 22.1 Å². The molecule has 0 bridgehead atoms. The molecule has 4 nitrogen and oxygen atoms in total. The largest absolute Gasteiger partial charge is 0.357 e. The highest BCUT2D eigenvalue weighted by Gasteiger charge is 2.24. The molecule has 0 aliphatic carbocycles. The van der Waals surface area contributed by atoms with Crippen molar-refractivity contribution in [1.82, 2.24) is 19.9 Å². The Bertz CT molecular complexity index is 1040. The van der Waals surface area contributed by atoms with Gasteiger partial charge in [0.2, 0.25) is 0 Å². The van der Waals surface area contributed by atoms with E-state index >= 15 is 0 Å². The van der Waals surface area contributed by atoms with Crippen molar-refractivity contribution in [2.75, 3.05) is 0 Å². The molecular formula is C22H26N4. The number of nitrogens with zero attached hydrogens (tertiary/aromatic N) is 2. The van der Waals surface area contributed by atoms with Gasteiger partial charge in [0, 0.05) is 22.7 Å². The number of hydrogen-bond donors (Lipinski definition) is 2. The van der Waals surface area contributed by atoms with Crippen LogP contribution >= 0.6 is 0 Å². The molecule has 0 radical (unpaired) electrons. The van der Waals surface area contributed by atoms with E-state index in [1.807, 2.05) is 12.3 Å².